The van der Waals surface area contributed by atoms with Crippen LogP contribution in [-0.2, 0) is 16.9 Å². The van der Waals surface area contributed by atoms with Crippen molar-refractivity contribution in [2.24, 2.45) is 7.05 Å². The number of aryl methyl sites for hydroxylation is 1. The van der Waals surface area contributed by atoms with Crippen LogP contribution in [0.25, 0.3) is 10.9 Å². The number of aldehydes is 1. The normalized spacial score (nSPS) is 11.9. The summed E-state index contributed by atoms with van der Waals surface area (Å²) >= 11 is 0. The fraction of sp³-hybridized carbons (Fsp3) is 0.182. The van der Waals surface area contributed by atoms with Crippen LogP contribution in [0.1, 0.15) is 10.5 Å². The number of nitrogens with zero attached hydrogens (tertiary/aromatic N) is 1. The number of hydrogen-bond acceptors (Lipinski definition) is 3. The first-order valence-corrected chi connectivity index (χ1v) is 6.58. The molecule has 4 nitrogen and oxygen atoms in total. The van der Waals surface area contributed by atoms with Gasteiger partial charge in [0.1, 0.15) is 0 Å². The molecule has 84 valence electrons. The molecule has 1 heterocycles. The molecule has 0 aliphatic heterocycles. The fourth-order valence-electron chi connectivity index (χ4n) is 1.79. The summed E-state index contributed by atoms with van der Waals surface area (Å²) in [5, 5.41) is 0.592. The number of sulfone groups is 1. The molecule has 2 rings (SSSR count). The Morgan fingerprint density at radius 3 is 2.56 bits per heavy atom. The lowest BCUT2D eigenvalue weighted by molar-refractivity contribution is 0.111. The molecule has 0 amide bonds. The number of rotatable bonds is 2. The quantitative estimate of drug-likeness (QED) is 0.742. The van der Waals surface area contributed by atoms with Crippen molar-refractivity contribution >= 4 is 27.0 Å². The van der Waals surface area contributed by atoms with Crippen LogP contribution < -0.4 is 0 Å². The van der Waals surface area contributed by atoms with Crippen LogP contribution in [0, 0.1) is 0 Å². The molecule has 0 saturated carbocycles. The van der Waals surface area contributed by atoms with E-state index in [0.29, 0.717) is 17.4 Å². The van der Waals surface area contributed by atoms with Crippen LogP contribution in [0.4, 0.5) is 0 Å². The summed E-state index contributed by atoms with van der Waals surface area (Å²) in [6.07, 6.45) is 1.88. The standard InChI is InChI=1S/C11H11NO3S/c1-12-8(7-13)6-9-10(12)4-3-5-11(9)16(2,14)15/h3-7H,1-2H3. The van der Waals surface area contributed by atoms with Crippen LogP contribution in [0.5, 0.6) is 0 Å². The molecule has 0 saturated heterocycles. The first kappa shape index (κ1) is 10.9. The van der Waals surface area contributed by atoms with Crippen LogP contribution in [-0.4, -0.2) is 25.5 Å². The van der Waals surface area contributed by atoms with E-state index in [4.69, 9.17) is 0 Å². The smallest absolute Gasteiger partial charge is 0.176 e. The van der Waals surface area contributed by atoms with Gasteiger partial charge < -0.3 is 4.57 Å². The lowest BCUT2D eigenvalue weighted by atomic mass is 10.2. The molecule has 1 aromatic carbocycles. The number of fused-ring (bicyclic) bond motifs is 1. The van der Waals surface area contributed by atoms with Gasteiger partial charge in [0.05, 0.1) is 10.6 Å². The Hall–Kier alpha value is -1.62. The Balaban J connectivity index is 2.95. The Labute approximate surface area is 93.4 Å². The van der Waals surface area contributed by atoms with Crippen molar-refractivity contribution in [1.82, 2.24) is 4.57 Å². The van der Waals surface area contributed by atoms with Gasteiger partial charge in [0, 0.05) is 24.2 Å². The summed E-state index contributed by atoms with van der Waals surface area (Å²) in [7, 11) is -1.54. The van der Waals surface area contributed by atoms with Gasteiger partial charge in [-0.3, -0.25) is 4.79 Å². The predicted octanol–water partition coefficient (Wildman–Crippen LogP) is 1.39. The van der Waals surface area contributed by atoms with Gasteiger partial charge in [-0.15, -0.1) is 0 Å². The number of aromatic nitrogens is 1. The Kier molecular flexibility index (Phi) is 2.35. The van der Waals surface area contributed by atoms with Crippen molar-refractivity contribution in [3.63, 3.8) is 0 Å². The number of hydrogen-bond donors (Lipinski definition) is 0. The summed E-state index contributed by atoms with van der Waals surface area (Å²) in [6.45, 7) is 0. The van der Waals surface area contributed by atoms with Gasteiger partial charge in [0.2, 0.25) is 0 Å². The van der Waals surface area contributed by atoms with E-state index in [2.05, 4.69) is 0 Å². The Morgan fingerprint density at radius 1 is 1.31 bits per heavy atom. The second kappa shape index (κ2) is 3.45. The maximum atomic E-state index is 11.6. The summed E-state index contributed by atoms with van der Waals surface area (Å²) < 4.78 is 24.8. The fourth-order valence-corrected chi connectivity index (χ4v) is 2.68. The Bertz CT molecular complexity index is 668. The van der Waals surface area contributed by atoms with E-state index in [1.807, 2.05) is 0 Å². The first-order chi connectivity index (χ1) is 7.45. The lowest BCUT2D eigenvalue weighted by Gasteiger charge is -2.01. The van der Waals surface area contributed by atoms with E-state index >= 15 is 0 Å². The molecular formula is C11H11NO3S. The lowest BCUT2D eigenvalue weighted by Crippen LogP contribution is -1.97. The summed E-state index contributed by atoms with van der Waals surface area (Å²) in [6, 6.07) is 6.61. The summed E-state index contributed by atoms with van der Waals surface area (Å²) in [5.74, 6) is 0. The molecule has 0 fully saturated rings. The van der Waals surface area contributed by atoms with Gasteiger partial charge in [-0.2, -0.15) is 0 Å². The van der Waals surface area contributed by atoms with Crippen molar-refractivity contribution in [2.45, 2.75) is 4.90 Å². The second-order valence-corrected chi connectivity index (χ2v) is 5.69. The van der Waals surface area contributed by atoms with Gasteiger partial charge >= 0.3 is 0 Å². The summed E-state index contributed by atoms with van der Waals surface area (Å²) in [5.41, 5.74) is 1.20. The topological polar surface area (TPSA) is 56.1 Å². The minimum absolute atomic E-state index is 0.258. The highest BCUT2D eigenvalue weighted by Crippen LogP contribution is 2.25. The second-order valence-electron chi connectivity index (χ2n) is 3.71. The molecule has 0 spiro atoms. The zero-order valence-electron chi connectivity index (χ0n) is 8.97. The molecule has 5 heteroatoms. The van der Waals surface area contributed by atoms with Gasteiger partial charge in [-0.1, -0.05) is 6.07 Å². The average Bonchev–Trinajstić information content (AvgIpc) is 2.54. The molecule has 16 heavy (non-hydrogen) atoms. The van der Waals surface area contributed by atoms with E-state index < -0.39 is 9.84 Å². The average molecular weight is 237 g/mol. The highest BCUT2D eigenvalue weighted by Gasteiger charge is 2.14. The molecule has 1 aromatic heterocycles. The van der Waals surface area contributed by atoms with Crippen molar-refractivity contribution in [3.05, 3.63) is 30.0 Å². The van der Waals surface area contributed by atoms with E-state index in [9.17, 15) is 13.2 Å². The third kappa shape index (κ3) is 1.53. The molecular weight excluding hydrogens is 226 g/mol. The molecule has 0 unspecified atom stereocenters. The molecule has 2 aromatic rings. The van der Waals surface area contributed by atoms with Gasteiger partial charge in [0.25, 0.3) is 0 Å². The highest BCUT2D eigenvalue weighted by atomic mass is 32.2. The molecule has 0 aliphatic rings. The van der Waals surface area contributed by atoms with Crippen LogP contribution in [0.2, 0.25) is 0 Å². The zero-order valence-corrected chi connectivity index (χ0v) is 9.78. The third-order valence-electron chi connectivity index (χ3n) is 2.60. The molecule has 0 aliphatic carbocycles. The highest BCUT2D eigenvalue weighted by molar-refractivity contribution is 7.91. The minimum atomic E-state index is -3.27. The maximum absolute atomic E-state index is 11.6. The van der Waals surface area contributed by atoms with Crippen molar-refractivity contribution in [1.29, 1.82) is 0 Å². The first-order valence-electron chi connectivity index (χ1n) is 4.69. The predicted molar refractivity (Wildman–Crippen MR) is 61.4 cm³/mol. The minimum Gasteiger partial charge on any atom is -0.341 e. The molecule has 0 atom stereocenters. The van der Waals surface area contributed by atoms with E-state index in [1.165, 1.54) is 0 Å². The van der Waals surface area contributed by atoms with Gasteiger partial charge in [-0.05, 0) is 18.2 Å². The molecule has 0 radical (unpaired) electrons. The van der Waals surface area contributed by atoms with Gasteiger partial charge in [0.15, 0.2) is 16.1 Å². The van der Waals surface area contributed by atoms with Crippen LogP contribution >= 0.6 is 0 Å². The van der Waals surface area contributed by atoms with E-state index in [0.717, 1.165) is 11.8 Å². The number of carbonyl (C=O) groups excluding carboxylic acids is 1. The van der Waals surface area contributed by atoms with Crippen LogP contribution in [0.3, 0.4) is 0 Å². The third-order valence-corrected chi connectivity index (χ3v) is 3.76. The summed E-state index contributed by atoms with van der Waals surface area (Å²) in [4.78, 5) is 11.0. The van der Waals surface area contributed by atoms with E-state index in [1.54, 1.807) is 35.9 Å². The van der Waals surface area contributed by atoms with E-state index in [-0.39, 0.29) is 4.90 Å². The number of carbonyl (C=O) groups is 1. The van der Waals surface area contributed by atoms with Crippen molar-refractivity contribution in [3.8, 4) is 0 Å². The van der Waals surface area contributed by atoms with Crippen LogP contribution in [0.15, 0.2) is 29.2 Å². The monoisotopic (exact) mass is 237 g/mol. The SMILES string of the molecule is Cn1c(C=O)cc2c(S(C)(=O)=O)cccc21. The maximum Gasteiger partial charge on any atom is 0.176 e. The molecule has 0 N–H and O–H groups in total. The molecule has 0 bridgehead atoms. The zero-order chi connectivity index (χ0) is 11.9. The van der Waals surface area contributed by atoms with Gasteiger partial charge in [-0.25, -0.2) is 8.42 Å². The van der Waals surface area contributed by atoms with Crippen molar-refractivity contribution in [2.75, 3.05) is 6.26 Å². The number of benzene rings is 1. The largest absolute Gasteiger partial charge is 0.341 e. The van der Waals surface area contributed by atoms with Crippen molar-refractivity contribution < 1.29 is 13.2 Å². The Morgan fingerprint density at radius 2 is 2.00 bits per heavy atom.